The fourth-order valence-electron chi connectivity index (χ4n) is 1.14. The average Bonchev–Trinajstić information content (AvgIpc) is 1.88. The van der Waals surface area contributed by atoms with Gasteiger partial charge in [0.25, 0.3) is 0 Å². The Morgan fingerprint density at radius 2 is 1.82 bits per heavy atom. The molecule has 11 heavy (non-hydrogen) atoms. The minimum Gasteiger partial charge on any atom is -0.464 e. The van der Waals surface area contributed by atoms with E-state index in [0.717, 1.165) is 25.9 Å². The maximum atomic E-state index is 10.1. The lowest BCUT2D eigenvalue weighted by atomic mass is 10.2. The zero-order chi connectivity index (χ0) is 7.40. The molecule has 66 valence electrons. The van der Waals surface area contributed by atoms with E-state index in [1.54, 1.807) is 5.01 Å². The van der Waals surface area contributed by atoms with Gasteiger partial charge in [0.2, 0.25) is 0 Å². The third kappa shape index (κ3) is 4.06. The van der Waals surface area contributed by atoms with Gasteiger partial charge in [0, 0.05) is 13.1 Å². The van der Waals surface area contributed by atoms with Crippen molar-refractivity contribution in [3.63, 3.8) is 0 Å². The fraction of sp³-hybridized carbons (Fsp3) is 0.833. The molecule has 0 saturated carbocycles. The molecule has 1 rings (SSSR count). The van der Waals surface area contributed by atoms with Gasteiger partial charge in [-0.15, -0.1) is 12.4 Å². The quantitative estimate of drug-likeness (QED) is 0.635. The van der Waals surface area contributed by atoms with Crippen LogP contribution < -0.4 is 5.43 Å². The molecule has 0 aromatic heterocycles. The molecule has 1 aliphatic heterocycles. The molecule has 1 aliphatic rings. The van der Waals surface area contributed by atoms with Gasteiger partial charge >= 0.3 is 6.09 Å². The first kappa shape index (κ1) is 10.5. The van der Waals surface area contributed by atoms with E-state index in [4.69, 9.17) is 5.11 Å². The van der Waals surface area contributed by atoms with E-state index >= 15 is 0 Å². The summed E-state index contributed by atoms with van der Waals surface area (Å²) in [6.45, 7) is 1.71. The highest BCUT2D eigenvalue weighted by molar-refractivity contribution is 5.85. The molecule has 0 unspecified atom stereocenters. The molecule has 1 heterocycles. The predicted octanol–water partition coefficient (Wildman–Crippen LogP) is 1.08. The lowest BCUT2D eigenvalue weighted by Crippen LogP contribution is -2.44. The Balaban J connectivity index is 0.000001000. The molecule has 0 aromatic rings. The molecule has 0 radical (unpaired) electrons. The second-order valence-electron chi connectivity index (χ2n) is 2.46. The van der Waals surface area contributed by atoms with Gasteiger partial charge in [-0.3, -0.25) is 5.43 Å². The van der Waals surface area contributed by atoms with Gasteiger partial charge in [-0.25, -0.2) is 9.80 Å². The van der Waals surface area contributed by atoms with Crippen molar-refractivity contribution in [1.82, 2.24) is 10.4 Å². The van der Waals surface area contributed by atoms with E-state index in [0.29, 0.717) is 0 Å². The smallest absolute Gasteiger partial charge is 0.419 e. The van der Waals surface area contributed by atoms with E-state index in [2.05, 4.69) is 5.43 Å². The zero-order valence-electron chi connectivity index (χ0n) is 6.25. The van der Waals surface area contributed by atoms with Crippen LogP contribution in [0.3, 0.4) is 0 Å². The van der Waals surface area contributed by atoms with Crippen LogP contribution >= 0.6 is 12.4 Å². The first-order valence-corrected chi connectivity index (χ1v) is 3.53. The van der Waals surface area contributed by atoms with Crippen LogP contribution in [0, 0.1) is 0 Å². The minimum absolute atomic E-state index is 0. The summed E-state index contributed by atoms with van der Waals surface area (Å²) in [6, 6.07) is 0. The molecule has 0 aliphatic carbocycles. The van der Waals surface area contributed by atoms with Gasteiger partial charge in [-0.1, -0.05) is 6.42 Å². The molecule has 2 N–H and O–H groups in total. The summed E-state index contributed by atoms with van der Waals surface area (Å²) in [5.41, 5.74) is 2.33. The third-order valence-electron chi connectivity index (χ3n) is 1.61. The van der Waals surface area contributed by atoms with Crippen molar-refractivity contribution >= 4 is 18.5 Å². The number of nitrogens with one attached hydrogen (secondary N) is 1. The lowest BCUT2D eigenvalue weighted by Gasteiger charge is -2.24. The molecular formula is C6H13ClN2O2. The lowest BCUT2D eigenvalue weighted by molar-refractivity contribution is 0.124. The zero-order valence-corrected chi connectivity index (χ0v) is 7.06. The van der Waals surface area contributed by atoms with E-state index in [1.807, 2.05) is 0 Å². The maximum Gasteiger partial charge on any atom is 0.419 e. The third-order valence-corrected chi connectivity index (χ3v) is 1.61. The highest BCUT2D eigenvalue weighted by Gasteiger charge is 2.10. The summed E-state index contributed by atoms with van der Waals surface area (Å²) >= 11 is 0. The Kier molecular flexibility index (Phi) is 4.98. The number of hydrogen-bond acceptors (Lipinski definition) is 2. The molecule has 0 bridgehead atoms. The number of hydrogen-bond donors (Lipinski definition) is 2. The average molecular weight is 181 g/mol. The summed E-state index contributed by atoms with van der Waals surface area (Å²) in [7, 11) is 0. The van der Waals surface area contributed by atoms with Crippen molar-refractivity contribution in [2.24, 2.45) is 0 Å². The maximum absolute atomic E-state index is 10.1. The van der Waals surface area contributed by atoms with Crippen LogP contribution in [0.4, 0.5) is 4.79 Å². The molecule has 1 saturated heterocycles. The van der Waals surface area contributed by atoms with Crippen molar-refractivity contribution < 1.29 is 9.90 Å². The van der Waals surface area contributed by atoms with Crippen LogP contribution in [0.1, 0.15) is 19.3 Å². The van der Waals surface area contributed by atoms with Crippen molar-refractivity contribution in [3.8, 4) is 0 Å². The Bertz CT molecular complexity index is 126. The number of carbonyl (C=O) groups is 1. The molecule has 0 aromatic carbocycles. The van der Waals surface area contributed by atoms with Gasteiger partial charge in [-0.2, -0.15) is 0 Å². The van der Waals surface area contributed by atoms with Crippen molar-refractivity contribution in [2.75, 3.05) is 13.1 Å². The monoisotopic (exact) mass is 180 g/mol. The normalized spacial score (nSPS) is 18.5. The Labute approximate surface area is 71.9 Å². The van der Waals surface area contributed by atoms with E-state index in [9.17, 15) is 4.79 Å². The highest BCUT2D eigenvalue weighted by Crippen LogP contribution is 2.05. The molecule has 1 amide bonds. The van der Waals surface area contributed by atoms with Crippen LogP contribution in [0.25, 0.3) is 0 Å². The Morgan fingerprint density at radius 1 is 1.27 bits per heavy atom. The predicted molar refractivity (Wildman–Crippen MR) is 43.8 cm³/mol. The fourth-order valence-corrected chi connectivity index (χ4v) is 1.14. The minimum atomic E-state index is -0.957. The largest absolute Gasteiger partial charge is 0.464 e. The summed E-state index contributed by atoms with van der Waals surface area (Å²) in [5, 5.41) is 10.1. The van der Waals surface area contributed by atoms with Gasteiger partial charge < -0.3 is 5.11 Å². The van der Waals surface area contributed by atoms with E-state index < -0.39 is 6.09 Å². The summed E-state index contributed by atoms with van der Waals surface area (Å²) < 4.78 is 0. The summed E-state index contributed by atoms with van der Waals surface area (Å²) in [6.07, 6.45) is 2.46. The highest BCUT2D eigenvalue weighted by atomic mass is 35.5. The van der Waals surface area contributed by atoms with Crippen LogP contribution in [0.5, 0.6) is 0 Å². The van der Waals surface area contributed by atoms with Crippen LogP contribution in [0.2, 0.25) is 0 Å². The number of rotatable bonds is 1. The van der Waals surface area contributed by atoms with Gasteiger partial charge in [0.15, 0.2) is 0 Å². The second-order valence-corrected chi connectivity index (χ2v) is 2.46. The van der Waals surface area contributed by atoms with E-state index in [-0.39, 0.29) is 12.4 Å². The first-order chi connectivity index (χ1) is 4.79. The number of hydrazine groups is 1. The number of piperidine rings is 1. The summed E-state index contributed by atoms with van der Waals surface area (Å²) in [4.78, 5) is 10.1. The molecule has 0 atom stereocenters. The molecular weight excluding hydrogens is 168 g/mol. The van der Waals surface area contributed by atoms with Crippen LogP contribution in [-0.4, -0.2) is 29.3 Å². The van der Waals surface area contributed by atoms with Crippen LogP contribution in [0.15, 0.2) is 0 Å². The van der Waals surface area contributed by atoms with Gasteiger partial charge in [0.1, 0.15) is 0 Å². The van der Waals surface area contributed by atoms with Crippen LogP contribution in [-0.2, 0) is 0 Å². The number of nitrogens with zero attached hydrogens (tertiary/aromatic N) is 1. The number of halogens is 1. The van der Waals surface area contributed by atoms with Crippen molar-refractivity contribution in [2.45, 2.75) is 19.3 Å². The SMILES string of the molecule is Cl.O=C(O)NN1CCCCC1. The van der Waals surface area contributed by atoms with E-state index in [1.165, 1.54) is 6.42 Å². The van der Waals surface area contributed by atoms with Gasteiger partial charge in [0.05, 0.1) is 0 Å². The standard InChI is InChI=1S/C6H12N2O2.ClH/c9-6(10)7-8-4-2-1-3-5-8;/h7H,1-5H2,(H,9,10);1H. The van der Waals surface area contributed by atoms with Crippen molar-refractivity contribution in [1.29, 1.82) is 0 Å². The molecule has 0 spiro atoms. The van der Waals surface area contributed by atoms with Gasteiger partial charge in [-0.05, 0) is 12.8 Å². The number of carboxylic acid groups (broad SMARTS) is 1. The van der Waals surface area contributed by atoms with Crippen molar-refractivity contribution in [3.05, 3.63) is 0 Å². The molecule has 5 heteroatoms. The Hall–Kier alpha value is -0.480. The first-order valence-electron chi connectivity index (χ1n) is 3.53. The second kappa shape index (κ2) is 5.21. The molecule has 1 fully saturated rings. The molecule has 4 nitrogen and oxygen atoms in total. The Morgan fingerprint density at radius 3 is 2.27 bits per heavy atom. The topological polar surface area (TPSA) is 52.6 Å². The number of amides is 1. The summed E-state index contributed by atoms with van der Waals surface area (Å²) in [5.74, 6) is 0.